The van der Waals surface area contributed by atoms with Crippen LogP contribution in [0.3, 0.4) is 0 Å². The molecule has 2 heteroatoms. The lowest BCUT2D eigenvalue weighted by molar-refractivity contribution is 0.232. The van der Waals surface area contributed by atoms with E-state index < -0.39 is 0 Å². The molecule has 0 aliphatic rings. The van der Waals surface area contributed by atoms with Crippen LogP contribution in [-0.4, -0.2) is 24.8 Å². The Labute approximate surface area is 76.4 Å². The highest BCUT2D eigenvalue weighted by Crippen LogP contribution is 2.02. The van der Waals surface area contributed by atoms with Gasteiger partial charge in [0.15, 0.2) is 0 Å². The van der Waals surface area contributed by atoms with Gasteiger partial charge >= 0.3 is 0 Å². The minimum absolute atomic E-state index is 0.287. The van der Waals surface area contributed by atoms with E-state index in [1.54, 1.807) is 0 Å². The van der Waals surface area contributed by atoms with Crippen LogP contribution in [0.1, 0.15) is 33.6 Å². The molecule has 74 valence electrons. The molecule has 0 radical (unpaired) electrons. The van der Waals surface area contributed by atoms with Crippen LogP contribution < -0.4 is 5.32 Å². The number of rotatable bonds is 7. The average molecular weight is 173 g/mol. The van der Waals surface area contributed by atoms with E-state index in [0.717, 1.165) is 19.0 Å². The third-order valence-corrected chi connectivity index (χ3v) is 2.08. The van der Waals surface area contributed by atoms with Crippen molar-refractivity contribution in [2.45, 2.75) is 33.6 Å². The molecule has 2 N–H and O–H groups in total. The second-order valence-electron chi connectivity index (χ2n) is 3.84. The molecule has 0 saturated heterocycles. The van der Waals surface area contributed by atoms with Gasteiger partial charge < -0.3 is 10.4 Å². The number of aliphatic hydroxyl groups is 1. The zero-order chi connectivity index (χ0) is 9.40. The summed E-state index contributed by atoms with van der Waals surface area (Å²) in [6, 6.07) is 0. The second-order valence-corrected chi connectivity index (χ2v) is 3.84. The average Bonchev–Trinajstić information content (AvgIpc) is 2.04. The van der Waals surface area contributed by atoms with Crippen LogP contribution >= 0.6 is 0 Å². The Balaban J connectivity index is 3.18. The Hall–Kier alpha value is -0.0800. The van der Waals surface area contributed by atoms with E-state index in [0.29, 0.717) is 5.92 Å². The fourth-order valence-electron chi connectivity index (χ4n) is 1.24. The van der Waals surface area contributed by atoms with Crippen molar-refractivity contribution >= 4 is 0 Å². The summed E-state index contributed by atoms with van der Waals surface area (Å²) in [6.07, 6.45) is 2.55. The predicted molar refractivity (Wildman–Crippen MR) is 53.2 cm³/mol. The van der Waals surface area contributed by atoms with Crippen LogP contribution in [0.4, 0.5) is 0 Å². The number of hydrogen-bond acceptors (Lipinski definition) is 2. The molecule has 0 rings (SSSR count). The second kappa shape index (κ2) is 7.56. The minimum Gasteiger partial charge on any atom is -0.396 e. The van der Waals surface area contributed by atoms with Crippen molar-refractivity contribution in [3.05, 3.63) is 0 Å². The summed E-state index contributed by atoms with van der Waals surface area (Å²) >= 11 is 0. The van der Waals surface area contributed by atoms with Gasteiger partial charge in [-0.25, -0.2) is 0 Å². The van der Waals surface area contributed by atoms with Gasteiger partial charge in [-0.1, -0.05) is 27.2 Å². The van der Waals surface area contributed by atoms with Crippen molar-refractivity contribution in [3.8, 4) is 0 Å². The first-order valence-corrected chi connectivity index (χ1v) is 5.02. The number of nitrogens with one attached hydrogen (secondary N) is 1. The lowest BCUT2D eigenvalue weighted by Gasteiger charge is -2.13. The molecule has 0 amide bonds. The third kappa shape index (κ3) is 6.62. The van der Waals surface area contributed by atoms with Gasteiger partial charge in [-0.3, -0.25) is 0 Å². The van der Waals surface area contributed by atoms with Crippen LogP contribution in [0.15, 0.2) is 0 Å². The zero-order valence-corrected chi connectivity index (χ0v) is 8.64. The van der Waals surface area contributed by atoms with Crippen molar-refractivity contribution in [1.29, 1.82) is 0 Å². The number of hydrogen-bond donors (Lipinski definition) is 2. The van der Waals surface area contributed by atoms with E-state index in [9.17, 15) is 0 Å². The van der Waals surface area contributed by atoms with Crippen molar-refractivity contribution in [3.63, 3.8) is 0 Å². The SMILES string of the molecule is CCCC(C)CNCC(C)CO. The molecule has 0 aromatic rings. The molecule has 0 bridgehead atoms. The Morgan fingerprint density at radius 2 is 1.75 bits per heavy atom. The van der Waals surface area contributed by atoms with E-state index in [2.05, 4.69) is 26.1 Å². The quantitative estimate of drug-likeness (QED) is 0.613. The Kier molecular flexibility index (Phi) is 7.51. The van der Waals surface area contributed by atoms with Crippen molar-refractivity contribution < 1.29 is 5.11 Å². The zero-order valence-electron chi connectivity index (χ0n) is 8.64. The Morgan fingerprint density at radius 1 is 1.17 bits per heavy atom. The third-order valence-electron chi connectivity index (χ3n) is 2.08. The van der Waals surface area contributed by atoms with Gasteiger partial charge in [0.25, 0.3) is 0 Å². The summed E-state index contributed by atoms with van der Waals surface area (Å²) in [5, 5.41) is 12.1. The van der Waals surface area contributed by atoms with Gasteiger partial charge in [-0.2, -0.15) is 0 Å². The van der Waals surface area contributed by atoms with E-state index in [-0.39, 0.29) is 6.61 Å². The fourth-order valence-corrected chi connectivity index (χ4v) is 1.24. The highest BCUT2D eigenvalue weighted by molar-refractivity contribution is 4.59. The van der Waals surface area contributed by atoms with Crippen molar-refractivity contribution in [2.24, 2.45) is 11.8 Å². The predicted octanol–water partition coefficient (Wildman–Crippen LogP) is 1.64. The molecule has 2 atom stereocenters. The Bertz CT molecular complexity index is 95.8. The van der Waals surface area contributed by atoms with Crippen LogP contribution in [0, 0.1) is 11.8 Å². The summed E-state index contributed by atoms with van der Waals surface area (Å²) in [7, 11) is 0. The summed E-state index contributed by atoms with van der Waals surface area (Å²) < 4.78 is 0. The van der Waals surface area contributed by atoms with Gasteiger partial charge in [0.1, 0.15) is 0 Å². The maximum atomic E-state index is 8.76. The maximum Gasteiger partial charge on any atom is 0.0468 e. The molecule has 12 heavy (non-hydrogen) atoms. The molecular formula is C10H23NO. The standard InChI is InChI=1S/C10H23NO/c1-4-5-9(2)6-11-7-10(3)8-12/h9-12H,4-8H2,1-3H3. The summed E-state index contributed by atoms with van der Waals surface area (Å²) in [5.74, 6) is 1.15. The molecule has 0 aromatic carbocycles. The maximum absolute atomic E-state index is 8.76. The fraction of sp³-hybridized carbons (Fsp3) is 1.00. The summed E-state index contributed by atoms with van der Waals surface area (Å²) in [4.78, 5) is 0. The topological polar surface area (TPSA) is 32.3 Å². The lowest BCUT2D eigenvalue weighted by Crippen LogP contribution is -2.27. The highest BCUT2D eigenvalue weighted by atomic mass is 16.3. The van der Waals surface area contributed by atoms with Gasteiger partial charge in [-0.05, 0) is 31.3 Å². The molecule has 2 nitrogen and oxygen atoms in total. The van der Waals surface area contributed by atoms with Crippen LogP contribution in [0.5, 0.6) is 0 Å². The minimum atomic E-state index is 0.287. The number of aliphatic hydroxyl groups excluding tert-OH is 1. The largest absolute Gasteiger partial charge is 0.396 e. The molecule has 0 aromatic heterocycles. The van der Waals surface area contributed by atoms with Crippen LogP contribution in [-0.2, 0) is 0 Å². The molecule has 0 aliphatic carbocycles. The van der Waals surface area contributed by atoms with E-state index in [1.807, 2.05) is 0 Å². The molecular weight excluding hydrogens is 150 g/mol. The van der Waals surface area contributed by atoms with Crippen LogP contribution in [0.2, 0.25) is 0 Å². The highest BCUT2D eigenvalue weighted by Gasteiger charge is 2.02. The molecule has 0 spiro atoms. The summed E-state index contributed by atoms with van der Waals surface area (Å²) in [6.45, 7) is 8.84. The van der Waals surface area contributed by atoms with Gasteiger partial charge in [0.2, 0.25) is 0 Å². The van der Waals surface area contributed by atoms with Gasteiger partial charge in [0.05, 0.1) is 0 Å². The molecule has 0 saturated carbocycles. The molecule has 0 fully saturated rings. The normalized spacial score (nSPS) is 16.0. The van der Waals surface area contributed by atoms with E-state index in [4.69, 9.17) is 5.11 Å². The first-order chi connectivity index (χ1) is 5.70. The van der Waals surface area contributed by atoms with Gasteiger partial charge in [-0.15, -0.1) is 0 Å². The molecule has 2 unspecified atom stereocenters. The molecule has 0 aliphatic heterocycles. The summed E-state index contributed by atoms with van der Waals surface area (Å²) in [5.41, 5.74) is 0. The molecule has 0 heterocycles. The van der Waals surface area contributed by atoms with Crippen molar-refractivity contribution in [1.82, 2.24) is 5.32 Å². The van der Waals surface area contributed by atoms with Crippen molar-refractivity contribution in [2.75, 3.05) is 19.7 Å². The van der Waals surface area contributed by atoms with Gasteiger partial charge in [0, 0.05) is 6.61 Å². The van der Waals surface area contributed by atoms with E-state index >= 15 is 0 Å². The lowest BCUT2D eigenvalue weighted by atomic mass is 10.1. The smallest absolute Gasteiger partial charge is 0.0468 e. The Morgan fingerprint density at radius 3 is 2.25 bits per heavy atom. The monoisotopic (exact) mass is 173 g/mol. The first kappa shape index (κ1) is 11.9. The van der Waals surface area contributed by atoms with E-state index in [1.165, 1.54) is 12.8 Å². The first-order valence-electron chi connectivity index (χ1n) is 5.02. The van der Waals surface area contributed by atoms with Crippen LogP contribution in [0.25, 0.3) is 0 Å².